The molecule has 0 bridgehead atoms. The van der Waals surface area contributed by atoms with E-state index in [-0.39, 0.29) is 5.56 Å². The van der Waals surface area contributed by atoms with Gasteiger partial charge in [-0.05, 0) is 116 Å². The van der Waals surface area contributed by atoms with Crippen molar-refractivity contribution in [2.75, 3.05) is 0 Å². The van der Waals surface area contributed by atoms with E-state index in [0.29, 0.717) is 34.3 Å². The molecule has 65 heavy (non-hydrogen) atoms. The molecule has 0 saturated heterocycles. The molecule has 318 valence electrons. The van der Waals surface area contributed by atoms with E-state index in [4.69, 9.17) is 15.0 Å². The second-order valence-corrected chi connectivity index (χ2v) is 17.2. The normalized spacial score (nSPS) is 11.8. The van der Waals surface area contributed by atoms with Crippen LogP contribution in [0, 0.1) is 41.5 Å². The Labute approximate surface area is 376 Å². The Morgan fingerprint density at radius 3 is 1.26 bits per heavy atom. The maximum Gasteiger partial charge on any atom is 0.417 e. The number of halogens is 3. The van der Waals surface area contributed by atoms with Crippen LogP contribution in [-0.2, 0) is 6.18 Å². The highest BCUT2D eigenvalue weighted by atomic mass is 19.4. The summed E-state index contributed by atoms with van der Waals surface area (Å²) in [7, 11) is 0. The van der Waals surface area contributed by atoms with Crippen LogP contribution in [0.3, 0.4) is 0 Å². The highest BCUT2D eigenvalue weighted by molar-refractivity contribution is 6.12. The molecule has 10 aromatic rings. The zero-order valence-electron chi connectivity index (χ0n) is 37.0. The Hall–Kier alpha value is -7.64. The van der Waals surface area contributed by atoms with Crippen LogP contribution in [0.2, 0.25) is 0 Å². The van der Waals surface area contributed by atoms with Crippen molar-refractivity contribution in [2.24, 2.45) is 0 Å². The van der Waals surface area contributed by atoms with E-state index in [9.17, 15) is 0 Å². The number of fused-ring (bicyclic) bond motifs is 3. The predicted octanol–water partition coefficient (Wildman–Crippen LogP) is 15.8. The van der Waals surface area contributed by atoms with Gasteiger partial charge in [-0.3, -0.25) is 0 Å². The van der Waals surface area contributed by atoms with Crippen LogP contribution >= 0.6 is 0 Å². The van der Waals surface area contributed by atoms with Crippen LogP contribution in [0.15, 0.2) is 164 Å². The summed E-state index contributed by atoms with van der Waals surface area (Å²) in [6.07, 6.45) is -4.61. The van der Waals surface area contributed by atoms with Gasteiger partial charge in [0.05, 0.1) is 22.3 Å². The van der Waals surface area contributed by atoms with E-state index in [1.165, 1.54) is 17.2 Å². The lowest BCUT2D eigenvalue weighted by Gasteiger charge is -2.20. The molecule has 0 saturated carbocycles. The Bertz CT molecular complexity index is 3260. The van der Waals surface area contributed by atoms with Crippen molar-refractivity contribution in [2.45, 2.75) is 47.7 Å². The third-order valence-electron chi connectivity index (χ3n) is 12.4. The molecule has 0 radical (unpaired) electrons. The fraction of sp³-hybridized carbons (Fsp3) is 0.121. The van der Waals surface area contributed by atoms with Gasteiger partial charge in [0, 0.05) is 33.0 Å². The van der Waals surface area contributed by atoms with Gasteiger partial charge in [0.2, 0.25) is 0 Å². The minimum atomic E-state index is -4.61. The lowest BCUT2D eigenvalue weighted by molar-refractivity contribution is -0.137. The molecule has 7 heteroatoms. The van der Waals surface area contributed by atoms with Gasteiger partial charge in [0.1, 0.15) is 0 Å². The molecular formula is C58H45F3N4. The molecule has 0 fully saturated rings. The van der Waals surface area contributed by atoms with Crippen molar-refractivity contribution >= 4 is 21.8 Å². The van der Waals surface area contributed by atoms with Crippen molar-refractivity contribution in [3.63, 3.8) is 0 Å². The summed E-state index contributed by atoms with van der Waals surface area (Å²) >= 11 is 0. The lowest BCUT2D eigenvalue weighted by Crippen LogP contribution is -2.08. The van der Waals surface area contributed by atoms with Crippen molar-refractivity contribution in [1.82, 2.24) is 19.5 Å². The summed E-state index contributed by atoms with van der Waals surface area (Å²) in [4.78, 5) is 15.0. The number of hydrogen-bond donors (Lipinski definition) is 0. The largest absolute Gasteiger partial charge is 0.417 e. The van der Waals surface area contributed by atoms with Gasteiger partial charge < -0.3 is 4.57 Å². The van der Waals surface area contributed by atoms with Gasteiger partial charge in [0.15, 0.2) is 17.5 Å². The second kappa shape index (κ2) is 16.2. The number of aryl methyl sites for hydroxylation is 6. The summed E-state index contributed by atoms with van der Waals surface area (Å²) in [5, 5.41) is 1.96. The first-order chi connectivity index (χ1) is 31.3. The first kappa shape index (κ1) is 41.4. The standard InChI is InChI=1S/C58H45F3N4/c1-34-27-36(3)53(37(4)28-34)42-21-24-47-48-25-22-43(54-38(5)29-35(2)30-39(54)6)32-51(48)65(50(47)31-42)52-33-44(23-26-46(52)45-19-13-14-20-49(45)58(59,60)61)57-63-55(40-15-9-7-10-16-40)62-56(64-57)41-17-11-8-12-18-41/h7-33H,1-6H3. The SMILES string of the molecule is Cc1cc(C)c(-c2ccc3c4ccc(-c5c(C)cc(C)cc5C)cc4n(-c4cc(-c5nc(-c6ccccc6)nc(-c6ccccc6)n5)ccc4-c4ccccc4C(F)(F)F)c3c2)c(C)c1. The smallest absolute Gasteiger partial charge is 0.309 e. The molecule has 8 aromatic carbocycles. The average molecular weight is 855 g/mol. The molecule has 0 spiro atoms. The highest BCUT2D eigenvalue weighted by Gasteiger charge is 2.34. The summed E-state index contributed by atoms with van der Waals surface area (Å²) in [6, 6.07) is 52.7. The molecule has 0 aliphatic heterocycles. The Morgan fingerprint density at radius 1 is 0.385 bits per heavy atom. The molecule has 4 nitrogen and oxygen atoms in total. The molecule has 10 rings (SSSR count). The number of hydrogen-bond acceptors (Lipinski definition) is 3. The van der Waals surface area contributed by atoms with Crippen LogP contribution in [-0.4, -0.2) is 19.5 Å². The molecule has 2 heterocycles. The monoisotopic (exact) mass is 854 g/mol. The molecule has 0 amide bonds. The van der Waals surface area contributed by atoms with E-state index >= 15 is 13.2 Å². The van der Waals surface area contributed by atoms with Crippen LogP contribution in [0.4, 0.5) is 13.2 Å². The summed E-state index contributed by atoms with van der Waals surface area (Å²) < 4.78 is 47.5. The number of nitrogens with zero attached hydrogens (tertiary/aromatic N) is 4. The van der Waals surface area contributed by atoms with Gasteiger partial charge >= 0.3 is 6.18 Å². The first-order valence-corrected chi connectivity index (χ1v) is 21.8. The molecule has 0 aliphatic rings. The number of aromatic nitrogens is 4. The van der Waals surface area contributed by atoms with Crippen molar-refractivity contribution in [3.8, 4) is 73.2 Å². The van der Waals surface area contributed by atoms with E-state index in [2.05, 4.69) is 107 Å². The molecule has 2 aromatic heterocycles. The van der Waals surface area contributed by atoms with E-state index in [1.807, 2.05) is 72.8 Å². The minimum absolute atomic E-state index is 0.0740. The fourth-order valence-electron chi connectivity index (χ4n) is 9.85. The van der Waals surface area contributed by atoms with Gasteiger partial charge in [0.25, 0.3) is 0 Å². The van der Waals surface area contributed by atoms with Crippen LogP contribution in [0.25, 0.3) is 95.0 Å². The molecule has 0 atom stereocenters. The van der Waals surface area contributed by atoms with Gasteiger partial charge in [-0.2, -0.15) is 13.2 Å². The van der Waals surface area contributed by atoms with Crippen molar-refractivity contribution in [1.29, 1.82) is 0 Å². The maximum absolute atomic E-state index is 15.1. The quantitative estimate of drug-likeness (QED) is 0.160. The summed E-state index contributed by atoms with van der Waals surface area (Å²) in [5.74, 6) is 1.37. The van der Waals surface area contributed by atoms with E-state index in [0.717, 1.165) is 83.5 Å². The van der Waals surface area contributed by atoms with Crippen LogP contribution in [0.1, 0.15) is 38.9 Å². The minimum Gasteiger partial charge on any atom is -0.309 e. The Kier molecular flexibility index (Phi) is 10.3. The number of alkyl halides is 3. The van der Waals surface area contributed by atoms with Crippen LogP contribution in [0.5, 0.6) is 0 Å². The number of rotatable bonds is 7. The maximum atomic E-state index is 15.1. The third-order valence-corrected chi connectivity index (χ3v) is 12.4. The fourth-order valence-corrected chi connectivity index (χ4v) is 9.85. The first-order valence-electron chi connectivity index (χ1n) is 21.8. The summed E-state index contributed by atoms with van der Waals surface area (Å²) in [6.45, 7) is 12.7. The predicted molar refractivity (Wildman–Crippen MR) is 260 cm³/mol. The zero-order valence-corrected chi connectivity index (χ0v) is 37.0. The molecule has 0 N–H and O–H groups in total. The Balaban J connectivity index is 1.33. The van der Waals surface area contributed by atoms with Crippen LogP contribution < -0.4 is 0 Å². The van der Waals surface area contributed by atoms with Gasteiger partial charge in [-0.15, -0.1) is 0 Å². The van der Waals surface area contributed by atoms with Crippen molar-refractivity contribution in [3.05, 3.63) is 203 Å². The van der Waals surface area contributed by atoms with E-state index < -0.39 is 11.7 Å². The van der Waals surface area contributed by atoms with E-state index in [1.54, 1.807) is 18.2 Å². The molecular weight excluding hydrogens is 810 g/mol. The topological polar surface area (TPSA) is 43.6 Å². The molecule has 0 aliphatic carbocycles. The lowest BCUT2D eigenvalue weighted by atomic mass is 9.92. The average Bonchev–Trinajstić information content (AvgIpc) is 3.61. The number of benzene rings is 8. The van der Waals surface area contributed by atoms with Gasteiger partial charge in [-0.25, -0.2) is 15.0 Å². The second-order valence-electron chi connectivity index (χ2n) is 17.2. The summed E-state index contributed by atoms with van der Waals surface area (Å²) in [5.41, 5.74) is 15.6. The third kappa shape index (κ3) is 7.57. The van der Waals surface area contributed by atoms with Crippen molar-refractivity contribution < 1.29 is 13.2 Å². The Morgan fingerprint density at radius 2 is 0.800 bits per heavy atom. The molecule has 0 unspecified atom stereocenters. The zero-order chi connectivity index (χ0) is 45.1. The van der Waals surface area contributed by atoms with Gasteiger partial charge in [-0.1, -0.05) is 151 Å². The highest BCUT2D eigenvalue weighted by Crippen LogP contribution is 2.45.